The summed E-state index contributed by atoms with van der Waals surface area (Å²) in [5.74, 6) is 1.30. The predicted octanol–water partition coefficient (Wildman–Crippen LogP) is 1.98. The minimum atomic E-state index is 0.252. The number of H-pyrrole nitrogens is 1. The Morgan fingerprint density at radius 1 is 1.44 bits per heavy atom. The predicted molar refractivity (Wildman–Crippen MR) is 73.4 cm³/mol. The maximum absolute atomic E-state index is 9.11. The Morgan fingerprint density at radius 3 is 3.00 bits per heavy atom. The van der Waals surface area contributed by atoms with Gasteiger partial charge in [-0.3, -0.25) is 0 Å². The molecule has 2 aromatic rings. The van der Waals surface area contributed by atoms with E-state index in [0.29, 0.717) is 5.92 Å². The van der Waals surface area contributed by atoms with Crippen molar-refractivity contribution >= 4 is 11.0 Å². The molecule has 0 saturated heterocycles. The lowest BCUT2D eigenvalue weighted by Crippen LogP contribution is -2.24. The topological polar surface area (TPSA) is 60.9 Å². The van der Waals surface area contributed by atoms with Gasteiger partial charge in [0.15, 0.2) is 0 Å². The number of aliphatic hydroxyl groups excluding tert-OH is 1. The van der Waals surface area contributed by atoms with Crippen LogP contribution in [0.4, 0.5) is 0 Å². The van der Waals surface area contributed by atoms with Gasteiger partial charge in [-0.1, -0.05) is 13.0 Å². The van der Waals surface area contributed by atoms with Gasteiger partial charge in [-0.25, -0.2) is 4.98 Å². The molecule has 0 aliphatic heterocycles. The Hall–Kier alpha value is -1.39. The number of aromatic amines is 1. The average molecular weight is 247 g/mol. The highest BCUT2D eigenvalue weighted by Gasteiger charge is 2.04. The Kier molecular flexibility index (Phi) is 4.33. The van der Waals surface area contributed by atoms with E-state index in [1.165, 1.54) is 5.56 Å². The van der Waals surface area contributed by atoms with E-state index in [0.717, 1.165) is 36.4 Å². The molecule has 3 N–H and O–H groups in total. The SMILES string of the molecule is CCC(CO)CNCc1ccc2nc(C)[nH]c2c1. The van der Waals surface area contributed by atoms with Crippen LogP contribution in [0.1, 0.15) is 24.7 Å². The lowest BCUT2D eigenvalue weighted by molar-refractivity contribution is 0.218. The van der Waals surface area contributed by atoms with E-state index >= 15 is 0 Å². The van der Waals surface area contributed by atoms with Gasteiger partial charge in [0, 0.05) is 19.7 Å². The number of fused-ring (bicyclic) bond motifs is 1. The van der Waals surface area contributed by atoms with Gasteiger partial charge < -0.3 is 15.4 Å². The number of rotatable bonds is 6. The molecule has 1 aromatic heterocycles. The molecule has 0 amide bonds. The number of aromatic nitrogens is 2. The number of imidazole rings is 1. The second-order valence-electron chi connectivity index (χ2n) is 4.76. The van der Waals surface area contributed by atoms with Crippen molar-refractivity contribution in [3.05, 3.63) is 29.6 Å². The molecule has 0 saturated carbocycles. The first-order chi connectivity index (χ1) is 8.72. The first-order valence-corrected chi connectivity index (χ1v) is 6.49. The highest BCUT2D eigenvalue weighted by atomic mass is 16.3. The molecule has 0 aliphatic carbocycles. The minimum Gasteiger partial charge on any atom is -0.396 e. The number of benzene rings is 1. The van der Waals surface area contributed by atoms with Gasteiger partial charge in [0.1, 0.15) is 5.82 Å². The molecule has 0 spiro atoms. The fraction of sp³-hybridized carbons (Fsp3) is 0.500. The summed E-state index contributed by atoms with van der Waals surface area (Å²) >= 11 is 0. The third-order valence-corrected chi connectivity index (χ3v) is 3.26. The summed E-state index contributed by atoms with van der Waals surface area (Å²) < 4.78 is 0. The van der Waals surface area contributed by atoms with Gasteiger partial charge in [-0.15, -0.1) is 0 Å². The molecule has 1 atom stereocenters. The van der Waals surface area contributed by atoms with Crippen LogP contribution in [0.2, 0.25) is 0 Å². The highest BCUT2D eigenvalue weighted by molar-refractivity contribution is 5.75. The number of nitrogens with zero attached hydrogens (tertiary/aromatic N) is 1. The minimum absolute atomic E-state index is 0.252. The van der Waals surface area contributed by atoms with E-state index in [2.05, 4.69) is 34.3 Å². The first-order valence-electron chi connectivity index (χ1n) is 6.49. The van der Waals surface area contributed by atoms with Crippen molar-refractivity contribution in [2.24, 2.45) is 5.92 Å². The van der Waals surface area contributed by atoms with Crippen LogP contribution < -0.4 is 5.32 Å². The lowest BCUT2D eigenvalue weighted by atomic mass is 10.1. The molecule has 0 fully saturated rings. The highest BCUT2D eigenvalue weighted by Crippen LogP contribution is 2.13. The van der Waals surface area contributed by atoms with Crippen LogP contribution >= 0.6 is 0 Å². The van der Waals surface area contributed by atoms with E-state index in [1.54, 1.807) is 0 Å². The van der Waals surface area contributed by atoms with E-state index in [9.17, 15) is 0 Å². The fourth-order valence-corrected chi connectivity index (χ4v) is 2.05. The maximum atomic E-state index is 9.11. The molecule has 2 rings (SSSR count). The van der Waals surface area contributed by atoms with Crippen molar-refractivity contribution in [1.82, 2.24) is 15.3 Å². The van der Waals surface area contributed by atoms with Crippen molar-refractivity contribution in [3.63, 3.8) is 0 Å². The van der Waals surface area contributed by atoms with Gasteiger partial charge >= 0.3 is 0 Å². The molecule has 98 valence electrons. The van der Waals surface area contributed by atoms with Crippen LogP contribution in [-0.2, 0) is 6.54 Å². The number of hydrogen-bond acceptors (Lipinski definition) is 3. The van der Waals surface area contributed by atoms with Crippen LogP contribution in [0.5, 0.6) is 0 Å². The quantitative estimate of drug-likeness (QED) is 0.731. The number of nitrogens with one attached hydrogen (secondary N) is 2. The monoisotopic (exact) mass is 247 g/mol. The van der Waals surface area contributed by atoms with Gasteiger partial charge in [0.2, 0.25) is 0 Å². The first kappa shape index (κ1) is 13.1. The van der Waals surface area contributed by atoms with Gasteiger partial charge in [0.05, 0.1) is 11.0 Å². The van der Waals surface area contributed by atoms with Crippen molar-refractivity contribution in [2.75, 3.05) is 13.2 Å². The van der Waals surface area contributed by atoms with E-state index < -0.39 is 0 Å². The molecule has 18 heavy (non-hydrogen) atoms. The zero-order chi connectivity index (χ0) is 13.0. The average Bonchev–Trinajstić information content (AvgIpc) is 2.74. The lowest BCUT2D eigenvalue weighted by Gasteiger charge is -2.12. The van der Waals surface area contributed by atoms with E-state index in [4.69, 9.17) is 5.11 Å². The molecule has 0 bridgehead atoms. The largest absolute Gasteiger partial charge is 0.396 e. The second kappa shape index (κ2) is 5.98. The van der Waals surface area contributed by atoms with Crippen LogP contribution in [0, 0.1) is 12.8 Å². The second-order valence-corrected chi connectivity index (χ2v) is 4.76. The molecule has 0 aliphatic rings. The Morgan fingerprint density at radius 2 is 2.28 bits per heavy atom. The van der Waals surface area contributed by atoms with Crippen LogP contribution in [0.15, 0.2) is 18.2 Å². The summed E-state index contributed by atoms with van der Waals surface area (Å²) in [6.45, 7) is 5.99. The smallest absolute Gasteiger partial charge is 0.104 e. The Labute approximate surface area is 107 Å². The zero-order valence-corrected chi connectivity index (χ0v) is 11.0. The molecular formula is C14H21N3O. The summed E-state index contributed by atoms with van der Waals surface area (Å²) in [6.07, 6.45) is 1.00. The van der Waals surface area contributed by atoms with Crippen molar-refractivity contribution in [3.8, 4) is 0 Å². The molecule has 1 unspecified atom stereocenters. The Balaban J connectivity index is 1.95. The van der Waals surface area contributed by atoms with E-state index in [-0.39, 0.29) is 6.61 Å². The molecular weight excluding hydrogens is 226 g/mol. The number of hydrogen-bond donors (Lipinski definition) is 3. The number of aliphatic hydroxyl groups is 1. The summed E-state index contributed by atoms with van der Waals surface area (Å²) in [7, 11) is 0. The van der Waals surface area contributed by atoms with Gasteiger partial charge in [-0.05, 0) is 37.0 Å². The summed E-state index contributed by atoms with van der Waals surface area (Å²) in [5.41, 5.74) is 3.33. The summed E-state index contributed by atoms with van der Waals surface area (Å²) in [6, 6.07) is 6.26. The third kappa shape index (κ3) is 3.09. The molecule has 0 radical (unpaired) electrons. The maximum Gasteiger partial charge on any atom is 0.104 e. The van der Waals surface area contributed by atoms with E-state index in [1.807, 2.05) is 13.0 Å². The summed E-state index contributed by atoms with van der Waals surface area (Å²) in [5, 5.41) is 12.5. The number of aryl methyl sites for hydroxylation is 1. The standard InChI is InChI=1S/C14H21N3O/c1-3-11(9-18)7-15-8-12-4-5-13-14(6-12)17-10(2)16-13/h4-6,11,15,18H,3,7-9H2,1-2H3,(H,16,17). The normalized spacial score (nSPS) is 13.1. The summed E-state index contributed by atoms with van der Waals surface area (Å²) in [4.78, 5) is 7.62. The molecule has 4 heteroatoms. The van der Waals surface area contributed by atoms with Crippen LogP contribution in [0.25, 0.3) is 11.0 Å². The molecule has 4 nitrogen and oxygen atoms in total. The fourth-order valence-electron chi connectivity index (χ4n) is 2.05. The van der Waals surface area contributed by atoms with Crippen molar-refractivity contribution in [1.29, 1.82) is 0 Å². The van der Waals surface area contributed by atoms with Crippen molar-refractivity contribution in [2.45, 2.75) is 26.8 Å². The zero-order valence-electron chi connectivity index (χ0n) is 11.0. The van der Waals surface area contributed by atoms with Crippen LogP contribution in [0.3, 0.4) is 0 Å². The van der Waals surface area contributed by atoms with Gasteiger partial charge in [0.25, 0.3) is 0 Å². The van der Waals surface area contributed by atoms with Crippen LogP contribution in [-0.4, -0.2) is 28.2 Å². The van der Waals surface area contributed by atoms with Crippen molar-refractivity contribution < 1.29 is 5.11 Å². The molecule has 1 heterocycles. The third-order valence-electron chi connectivity index (χ3n) is 3.26. The Bertz CT molecular complexity index is 503. The molecule has 1 aromatic carbocycles. The van der Waals surface area contributed by atoms with Gasteiger partial charge in [-0.2, -0.15) is 0 Å².